The van der Waals surface area contributed by atoms with E-state index in [4.69, 9.17) is 42.6 Å². The van der Waals surface area contributed by atoms with Crippen LogP contribution in [0.25, 0.3) is 10.8 Å². The molecule has 5 rings (SSSR count). The summed E-state index contributed by atoms with van der Waals surface area (Å²) >= 11 is 0. The monoisotopic (exact) mass is 806 g/mol. The third kappa shape index (κ3) is 13.7. The van der Waals surface area contributed by atoms with E-state index in [0.29, 0.717) is 45.9 Å². The normalized spacial score (nSPS) is 17.0. The van der Waals surface area contributed by atoms with Gasteiger partial charge in [0.15, 0.2) is 0 Å². The lowest BCUT2D eigenvalue weighted by Crippen LogP contribution is -2.51. The van der Waals surface area contributed by atoms with Crippen molar-refractivity contribution in [1.29, 1.82) is 0 Å². The summed E-state index contributed by atoms with van der Waals surface area (Å²) in [5.41, 5.74) is 3.01. The van der Waals surface area contributed by atoms with Crippen LogP contribution in [0.4, 0.5) is 4.79 Å². The fourth-order valence-electron chi connectivity index (χ4n) is 6.64. The molecular weight excluding hydrogens is 752 g/mol. The Morgan fingerprint density at radius 1 is 0.810 bits per heavy atom. The van der Waals surface area contributed by atoms with Crippen LogP contribution in [0.5, 0.6) is 17.2 Å². The van der Waals surface area contributed by atoms with E-state index in [2.05, 4.69) is 22.3 Å². The van der Waals surface area contributed by atoms with Crippen molar-refractivity contribution in [2.45, 2.75) is 57.2 Å². The van der Waals surface area contributed by atoms with Crippen LogP contribution in [-0.4, -0.2) is 103 Å². The summed E-state index contributed by atoms with van der Waals surface area (Å²) in [6, 6.07) is 28.0. The highest BCUT2D eigenvalue weighted by atomic mass is 17.0. The number of nitrogens with one attached hydrogen (secondary N) is 1. The maximum absolute atomic E-state index is 12.4. The minimum atomic E-state index is -0.899. The summed E-state index contributed by atoms with van der Waals surface area (Å²) in [4.78, 5) is 26.8. The zero-order valence-electron chi connectivity index (χ0n) is 33.3. The van der Waals surface area contributed by atoms with Gasteiger partial charge in [-0.15, -0.1) is 10.1 Å². The molecule has 4 aromatic rings. The average molecular weight is 807 g/mol. The van der Waals surface area contributed by atoms with Crippen molar-refractivity contribution < 1.29 is 57.4 Å². The summed E-state index contributed by atoms with van der Waals surface area (Å²) in [5, 5.41) is 14.9. The van der Waals surface area contributed by atoms with Gasteiger partial charge in [0, 0.05) is 36.4 Å². The first-order valence-corrected chi connectivity index (χ1v) is 19.5. The van der Waals surface area contributed by atoms with Crippen LogP contribution in [0.3, 0.4) is 0 Å². The highest BCUT2D eigenvalue weighted by Crippen LogP contribution is 2.33. The van der Waals surface area contributed by atoms with Gasteiger partial charge in [-0.2, -0.15) is 0 Å². The molecule has 1 heterocycles. The molecule has 1 aliphatic heterocycles. The van der Waals surface area contributed by atoms with Crippen molar-refractivity contribution >= 4 is 16.9 Å². The summed E-state index contributed by atoms with van der Waals surface area (Å²) in [5.74, 6) is 2.17. The lowest BCUT2D eigenvalue weighted by Gasteiger charge is -2.39. The Labute approximate surface area is 338 Å². The van der Waals surface area contributed by atoms with E-state index in [1.807, 2.05) is 79.7 Å². The Morgan fingerprint density at radius 3 is 2.33 bits per heavy atom. The number of fused-ring (bicyclic) bond motifs is 1. The molecule has 0 bridgehead atoms. The second kappa shape index (κ2) is 23.9. The van der Waals surface area contributed by atoms with Crippen molar-refractivity contribution in [3.63, 3.8) is 0 Å². The van der Waals surface area contributed by atoms with Gasteiger partial charge in [0.25, 0.3) is 5.09 Å². The molecule has 4 unspecified atom stereocenters. The van der Waals surface area contributed by atoms with Gasteiger partial charge in [-0.3, -0.25) is 0 Å². The first kappa shape index (κ1) is 43.9. The molecule has 15 nitrogen and oxygen atoms in total. The standard InChI is InChI=1S/C43H54N2O13/c1-4-35(58-43(46)54-22-20-51-21-23-57-45(47)48)30-56-41-27-44-26-40(55-28-31-24-33-10-5-7-12-37(33)39(25-31)50-3)42(41)32-14-16-36(17-15-32)53-19-9-18-52-29-34-11-6-8-13-38(34)49-2/h5-8,10-17,24-25,35,40-42,44H,4,9,18-23,26-30H2,1-3H3. The number of carbonyl (C=O) groups excluding carboxylic acids is 1. The number of ether oxygens (including phenoxy) is 9. The fraction of sp³-hybridized carbons (Fsp3) is 0.465. The van der Waals surface area contributed by atoms with Gasteiger partial charge < -0.3 is 52.8 Å². The molecule has 314 valence electrons. The van der Waals surface area contributed by atoms with Gasteiger partial charge in [-0.1, -0.05) is 61.5 Å². The molecule has 0 aliphatic carbocycles. The number of para-hydroxylation sites is 1. The van der Waals surface area contributed by atoms with E-state index in [-0.39, 0.29) is 51.2 Å². The molecule has 0 radical (unpaired) electrons. The maximum Gasteiger partial charge on any atom is 0.508 e. The minimum Gasteiger partial charge on any atom is -0.496 e. The molecule has 0 spiro atoms. The van der Waals surface area contributed by atoms with E-state index >= 15 is 0 Å². The molecule has 0 saturated carbocycles. The van der Waals surface area contributed by atoms with Gasteiger partial charge in [0.1, 0.15) is 36.6 Å². The van der Waals surface area contributed by atoms with E-state index in [9.17, 15) is 14.9 Å². The summed E-state index contributed by atoms with van der Waals surface area (Å²) in [6.45, 7) is 4.78. The fourth-order valence-corrected chi connectivity index (χ4v) is 6.64. The lowest BCUT2D eigenvalue weighted by atomic mass is 9.85. The highest BCUT2D eigenvalue weighted by Gasteiger charge is 2.37. The Bertz CT molecular complexity index is 1840. The van der Waals surface area contributed by atoms with Crippen molar-refractivity contribution in [2.24, 2.45) is 0 Å². The summed E-state index contributed by atoms with van der Waals surface area (Å²) in [6.07, 6.45) is -0.783. The van der Waals surface area contributed by atoms with Gasteiger partial charge in [-0.25, -0.2) is 4.79 Å². The highest BCUT2D eigenvalue weighted by molar-refractivity contribution is 5.89. The van der Waals surface area contributed by atoms with Gasteiger partial charge in [-0.05, 0) is 53.3 Å². The third-order valence-electron chi connectivity index (χ3n) is 9.56. The van der Waals surface area contributed by atoms with E-state index in [1.54, 1.807) is 14.2 Å². The van der Waals surface area contributed by atoms with Crippen molar-refractivity contribution in [1.82, 2.24) is 5.32 Å². The quantitative estimate of drug-likeness (QED) is 0.0327. The Morgan fingerprint density at radius 2 is 1.55 bits per heavy atom. The molecule has 15 heteroatoms. The zero-order valence-corrected chi connectivity index (χ0v) is 33.3. The van der Waals surface area contributed by atoms with Crippen LogP contribution in [0, 0.1) is 10.1 Å². The SMILES string of the molecule is CCC(COC1CNCC(OCc2cc(OC)c3ccccc3c2)C1c1ccc(OCCCOCc2ccccc2OC)cc1)OC(=O)OCCOCCO[N+](=O)[O-]. The number of piperidine rings is 1. The van der Waals surface area contributed by atoms with E-state index in [1.165, 1.54) is 0 Å². The minimum absolute atomic E-state index is 0.0140. The van der Waals surface area contributed by atoms with Crippen LogP contribution in [0.2, 0.25) is 0 Å². The first-order valence-electron chi connectivity index (χ1n) is 19.5. The van der Waals surface area contributed by atoms with Crippen LogP contribution >= 0.6 is 0 Å². The molecule has 1 aliphatic rings. The molecule has 1 N–H and O–H groups in total. The number of rotatable bonds is 25. The number of benzene rings is 4. The number of carbonyl (C=O) groups is 1. The molecular formula is C43H54N2O13. The van der Waals surface area contributed by atoms with Crippen molar-refractivity contribution in [2.75, 3.05) is 73.6 Å². The number of methoxy groups -OCH3 is 2. The molecule has 4 aromatic carbocycles. The van der Waals surface area contributed by atoms with Crippen LogP contribution < -0.4 is 19.5 Å². The molecule has 0 amide bonds. The number of hydrogen-bond acceptors (Lipinski definition) is 14. The van der Waals surface area contributed by atoms with Gasteiger partial charge >= 0.3 is 6.16 Å². The largest absolute Gasteiger partial charge is 0.508 e. The van der Waals surface area contributed by atoms with E-state index < -0.39 is 17.3 Å². The topological polar surface area (TPSA) is 165 Å². The van der Waals surface area contributed by atoms with Gasteiger partial charge in [0.05, 0.1) is 72.7 Å². The second-order valence-corrected chi connectivity index (χ2v) is 13.5. The maximum atomic E-state index is 12.4. The predicted molar refractivity (Wildman–Crippen MR) is 214 cm³/mol. The van der Waals surface area contributed by atoms with Crippen LogP contribution in [0.1, 0.15) is 42.4 Å². The second-order valence-electron chi connectivity index (χ2n) is 13.5. The van der Waals surface area contributed by atoms with Crippen LogP contribution in [0.15, 0.2) is 84.9 Å². The summed E-state index contributed by atoms with van der Waals surface area (Å²) < 4.78 is 52.0. The first-order chi connectivity index (χ1) is 28.4. The number of nitrogens with zero attached hydrogens (tertiary/aromatic N) is 1. The lowest BCUT2D eigenvalue weighted by molar-refractivity contribution is -0.758. The molecule has 1 saturated heterocycles. The molecule has 1 fully saturated rings. The van der Waals surface area contributed by atoms with Gasteiger partial charge in [0.2, 0.25) is 0 Å². The van der Waals surface area contributed by atoms with E-state index in [0.717, 1.165) is 51.1 Å². The zero-order chi connectivity index (χ0) is 41.0. The predicted octanol–water partition coefficient (Wildman–Crippen LogP) is 6.66. The molecule has 58 heavy (non-hydrogen) atoms. The van der Waals surface area contributed by atoms with Crippen molar-refractivity contribution in [3.05, 3.63) is 112 Å². The Kier molecular flexibility index (Phi) is 18.1. The smallest absolute Gasteiger partial charge is 0.496 e. The molecule has 0 aromatic heterocycles. The van der Waals surface area contributed by atoms with Crippen LogP contribution in [-0.2, 0) is 46.5 Å². The summed E-state index contributed by atoms with van der Waals surface area (Å²) in [7, 11) is 3.32. The molecule has 4 atom stereocenters. The number of hydrogen-bond donors (Lipinski definition) is 1. The Hall–Kier alpha value is -5.19. The third-order valence-corrected chi connectivity index (χ3v) is 9.56. The average Bonchev–Trinajstić information content (AvgIpc) is 3.25. The Balaban J connectivity index is 1.18. The van der Waals surface area contributed by atoms with Crippen molar-refractivity contribution in [3.8, 4) is 17.2 Å².